The summed E-state index contributed by atoms with van der Waals surface area (Å²) < 4.78 is 0. The second-order valence-corrected chi connectivity index (χ2v) is 9.48. The fourth-order valence-electron chi connectivity index (χ4n) is 4.14. The van der Waals surface area contributed by atoms with Crippen molar-refractivity contribution < 1.29 is 20.4 Å². The quantitative estimate of drug-likeness (QED) is 0.226. The van der Waals surface area contributed by atoms with Crippen LogP contribution in [-0.4, -0.2) is 63.6 Å². The molecular weight excluding hydrogens is 532 g/mol. The molecule has 0 atom stereocenters. The van der Waals surface area contributed by atoms with Crippen molar-refractivity contribution in [2.45, 2.75) is 19.3 Å². The molecule has 0 bridgehead atoms. The van der Waals surface area contributed by atoms with Gasteiger partial charge in [0.15, 0.2) is 0 Å². The van der Waals surface area contributed by atoms with Crippen molar-refractivity contribution >= 4 is 33.7 Å². The molecule has 40 heavy (non-hydrogen) atoms. The summed E-state index contributed by atoms with van der Waals surface area (Å²) in [5, 5.41) is 55.7. The summed E-state index contributed by atoms with van der Waals surface area (Å²) in [5.41, 5.74) is 5.89. The summed E-state index contributed by atoms with van der Waals surface area (Å²) in [6.45, 7) is 0.203. The van der Waals surface area contributed by atoms with Crippen LogP contribution in [0.1, 0.15) is 17.5 Å². The number of aliphatic hydroxyl groups excluding tert-OH is 2. The van der Waals surface area contributed by atoms with E-state index >= 15 is 0 Å². The van der Waals surface area contributed by atoms with Crippen LogP contribution in [0.15, 0.2) is 78.9 Å². The Morgan fingerprint density at radius 1 is 0.575 bits per heavy atom. The van der Waals surface area contributed by atoms with Gasteiger partial charge in [-0.25, -0.2) is 0 Å². The molecule has 0 aliphatic heterocycles. The average Bonchev–Trinajstić information content (AvgIpc) is 3.58. The minimum atomic E-state index is 0.0499. The van der Waals surface area contributed by atoms with Gasteiger partial charge in [-0.1, -0.05) is 35.9 Å². The van der Waals surface area contributed by atoms with Gasteiger partial charge in [0.2, 0.25) is 0 Å². The number of phenols is 2. The van der Waals surface area contributed by atoms with E-state index in [0.717, 1.165) is 28.6 Å². The van der Waals surface area contributed by atoms with Crippen molar-refractivity contribution in [3.8, 4) is 22.9 Å². The maximum atomic E-state index is 9.99. The minimum Gasteiger partial charge on any atom is -0.506 e. The highest BCUT2D eigenvalue weighted by molar-refractivity contribution is 6.31. The summed E-state index contributed by atoms with van der Waals surface area (Å²) >= 11 is 5.92. The van der Waals surface area contributed by atoms with Gasteiger partial charge in [-0.3, -0.25) is 0 Å². The van der Waals surface area contributed by atoms with Crippen LogP contribution in [0.2, 0.25) is 5.02 Å². The molecule has 204 valence electrons. The van der Waals surface area contributed by atoms with E-state index in [0.29, 0.717) is 40.3 Å². The van der Waals surface area contributed by atoms with E-state index in [9.17, 15) is 10.2 Å². The van der Waals surface area contributed by atoms with E-state index < -0.39 is 0 Å². The number of aliphatic hydroxyl groups is 2. The lowest BCUT2D eigenvalue weighted by molar-refractivity contribution is 0.288. The molecule has 0 spiro atoms. The van der Waals surface area contributed by atoms with E-state index in [-0.39, 0.29) is 24.7 Å². The maximum Gasteiger partial charge on any atom is 0.143 e. The molecule has 0 aliphatic carbocycles. The van der Waals surface area contributed by atoms with E-state index in [1.165, 1.54) is 9.59 Å². The van der Waals surface area contributed by atoms with Crippen molar-refractivity contribution in [2.24, 2.45) is 0 Å². The third-order valence-corrected chi connectivity index (χ3v) is 6.40. The van der Waals surface area contributed by atoms with Crippen LogP contribution in [-0.2, 0) is 12.8 Å². The fourth-order valence-corrected chi connectivity index (χ4v) is 4.31. The predicted octanol–water partition coefficient (Wildman–Crippen LogP) is 4.37. The first-order chi connectivity index (χ1) is 19.4. The number of rotatable bonds is 7. The van der Waals surface area contributed by atoms with Gasteiger partial charge in [0, 0.05) is 18.2 Å². The van der Waals surface area contributed by atoms with Gasteiger partial charge in [0.1, 0.15) is 44.9 Å². The zero-order valence-electron chi connectivity index (χ0n) is 21.4. The summed E-state index contributed by atoms with van der Waals surface area (Å²) in [4.78, 5) is 2.82. The lowest BCUT2D eigenvalue weighted by atomic mass is 10.1. The Balaban J connectivity index is 0.000000161. The number of nitrogens with zero attached hydrogens (tertiary/aromatic N) is 6. The number of fused-ring (bicyclic) bond motifs is 2. The minimum absolute atomic E-state index is 0.0499. The van der Waals surface area contributed by atoms with E-state index in [2.05, 4.69) is 20.4 Å². The molecular formula is C29H27ClN6O4. The molecule has 0 saturated carbocycles. The molecule has 11 heteroatoms. The first-order valence-corrected chi connectivity index (χ1v) is 13.0. The third-order valence-electron chi connectivity index (χ3n) is 6.16. The van der Waals surface area contributed by atoms with Crippen LogP contribution < -0.4 is 0 Å². The molecule has 10 nitrogen and oxygen atoms in total. The Hall–Kier alpha value is -4.51. The summed E-state index contributed by atoms with van der Waals surface area (Å²) in [6, 6.07) is 23.2. The number of hydrogen-bond donors (Lipinski definition) is 4. The molecule has 0 radical (unpaired) electrons. The second kappa shape index (κ2) is 12.1. The zero-order chi connectivity index (χ0) is 28.1. The van der Waals surface area contributed by atoms with Crippen LogP contribution in [0, 0.1) is 0 Å². The molecule has 4 N–H and O–H groups in total. The molecule has 2 aromatic heterocycles. The molecule has 4 aromatic carbocycles. The number of benzene rings is 4. The average molecular weight is 559 g/mol. The summed E-state index contributed by atoms with van der Waals surface area (Å²) in [6.07, 6.45) is 1.96. The Morgan fingerprint density at radius 3 is 1.65 bits per heavy atom. The van der Waals surface area contributed by atoms with Crippen LogP contribution in [0.25, 0.3) is 33.4 Å². The monoisotopic (exact) mass is 558 g/mol. The molecule has 0 aliphatic rings. The van der Waals surface area contributed by atoms with Gasteiger partial charge in [-0.2, -0.15) is 0 Å². The van der Waals surface area contributed by atoms with Gasteiger partial charge >= 0.3 is 0 Å². The van der Waals surface area contributed by atoms with Crippen molar-refractivity contribution in [3.63, 3.8) is 0 Å². The predicted molar refractivity (Wildman–Crippen MR) is 152 cm³/mol. The number of aryl methyl sites for hydroxylation is 1. The topological polar surface area (TPSA) is 142 Å². The molecule has 6 rings (SSSR count). The van der Waals surface area contributed by atoms with Crippen molar-refractivity contribution in [3.05, 3.63) is 95.0 Å². The van der Waals surface area contributed by atoms with Gasteiger partial charge in [0.05, 0.1) is 0 Å². The highest BCUT2D eigenvalue weighted by Gasteiger charge is 2.11. The van der Waals surface area contributed by atoms with E-state index in [1.54, 1.807) is 42.5 Å². The van der Waals surface area contributed by atoms with Crippen molar-refractivity contribution in [2.75, 3.05) is 13.2 Å². The second-order valence-electron chi connectivity index (χ2n) is 9.05. The summed E-state index contributed by atoms with van der Waals surface area (Å²) in [5.74, 6) is 0.219. The fraction of sp³-hybridized carbons (Fsp3) is 0.172. The molecule has 0 unspecified atom stereocenters. The molecule has 0 amide bonds. The molecule has 2 heterocycles. The van der Waals surface area contributed by atoms with Crippen LogP contribution in [0.5, 0.6) is 11.5 Å². The van der Waals surface area contributed by atoms with Crippen LogP contribution in [0.3, 0.4) is 0 Å². The van der Waals surface area contributed by atoms with E-state index in [4.69, 9.17) is 21.8 Å². The van der Waals surface area contributed by atoms with Crippen molar-refractivity contribution in [1.82, 2.24) is 30.0 Å². The lowest BCUT2D eigenvalue weighted by Gasteiger charge is -2.06. The third kappa shape index (κ3) is 6.04. The highest BCUT2D eigenvalue weighted by atomic mass is 35.5. The summed E-state index contributed by atoms with van der Waals surface area (Å²) in [7, 11) is 0. The largest absolute Gasteiger partial charge is 0.506 e. The highest BCUT2D eigenvalue weighted by Crippen LogP contribution is 2.25. The number of hydrogen-bond acceptors (Lipinski definition) is 8. The Morgan fingerprint density at radius 2 is 1.10 bits per heavy atom. The Bertz CT molecular complexity index is 1730. The Kier molecular flexibility index (Phi) is 8.20. The number of halogens is 1. The SMILES string of the molecule is OCCCc1ccc(O)c(-n2nc3ccccc3n2)c1.OCCc1ccc(O)c(-n2nc3ccc(Cl)cc3n2)c1. The Labute approximate surface area is 234 Å². The number of phenolic OH excluding ortho intramolecular Hbond substituents is 2. The standard InChI is InChI=1S/C15H15N3O2.C14H12ClN3O2/c19-9-3-4-11-7-8-15(20)14(10-11)18-16-12-5-1-2-6-13(12)17-18;15-10-2-3-11-12(8-10)17-18(16-11)13-7-9(5-6-19)1-4-14(13)20/h1-2,5-8,10,19-20H,3-4,9H2;1-4,7-8,19-20H,5-6H2. The lowest BCUT2D eigenvalue weighted by Crippen LogP contribution is -2.01. The van der Waals surface area contributed by atoms with Gasteiger partial charge in [-0.15, -0.1) is 30.0 Å². The normalized spacial score (nSPS) is 11.1. The van der Waals surface area contributed by atoms with Gasteiger partial charge in [0.25, 0.3) is 0 Å². The number of aromatic nitrogens is 6. The number of aromatic hydroxyl groups is 2. The van der Waals surface area contributed by atoms with E-state index in [1.807, 2.05) is 36.4 Å². The van der Waals surface area contributed by atoms with Gasteiger partial charge in [-0.05, 0) is 85.0 Å². The molecule has 6 aromatic rings. The van der Waals surface area contributed by atoms with Crippen molar-refractivity contribution in [1.29, 1.82) is 0 Å². The van der Waals surface area contributed by atoms with Crippen LogP contribution >= 0.6 is 11.6 Å². The van der Waals surface area contributed by atoms with Crippen LogP contribution in [0.4, 0.5) is 0 Å². The molecule has 0 fully saturated rings. The maximum absolute atomic E-state index is 9.99. The molecule has 0 saturated heterocycles. The first-order valence-electron chi connectivity index (χ1n) is 12.7. The zero-order valence-corrected chi connectivity index (χ0v) is 22.1. The van der Waals surface area contributed by atoms with Gasteiger partial charge < -0.3 is 20.4 Å². The smallest absolute Gasteiger partial charge is 0.143 e. The first kappa shape index (κ1) is 27.1.